The molecule has 0 saturated heterocycles. The molecule has 0 fully saturated rings. The van der Waals surface area contributed by atoms with Crippen molar-refractivity contribution >= 4 is 22.8 Å². The number of ether oxygens (including phenoxy) is 1. The van der Waals surface area contributed by atoms with Crippen molar-refractivity contribution in [2.24, 2.45) is 0 Å². The van der Waals surface area contributed by atoms with Gasteiger partial charge in [-0.05, 0) is 41.8 Å². The van der Waals surface area contributed by atoms with Gasteiger partial charge < -0.3 is 10.1 Å². The first-order valence-electron chi connectivity index (χ1n) is 8.69. The first-order chi connectivity index (χ1) is 13.0. The maximum absolute atomic E-state index is 12.8. The van der Waals surface area contributed by atoms with Crippen LogP contribution in [0.5, 0.6) is 0 Å². The van der Waals surface area contributed by atoms with Gasteiger partial charge in [-0.3, -0.25) is 14.6 Å². The molecule has 6 nitrogen and oxygen atoms in total. The number of esters is 1. The van der Waals surface area contributed by atoms with Gasteiger partial charge in [-0.1, -0.05) is 19.9 Å². The Hall–Kier alpha value is -3.28. The van der Waals surface area contributed by atoms with Gasteiger partial charge in [0.2, 0.25) is 0 Å². The second-order valence-electron chi connectivity index (χ2n) is 6.49. The van der Waals surface area contributed by atoms with Crippen LogP contribution in [-0.4, -0.2) is 35.5 Å². The number of benzene rings is 1. The summed E-state index contributed by atoms with van der Waals surface area (Å²) in [6.07, 6.45) is 3.39. The third-order valence-electron chi connectivity index (χ3n) is 4.32. The minimum absolute atomic E-state index is 0.189. The first kappa shape index (κ1) is 18.5. The molecule has 6 heteroatoms. The van der Waals surface area contributed by atoms with Crippen molar-refractivity contribution in [1.82, 2.24) is 15.3 Å². The highest BCUT2D eigenvalue weighted by atomic mass is 16.5. The normalized spacial score (nSPS) is 10.8. The number of rotatable bonds is 5. The predicted octanol–water partition coefficient (Wildman–Crippen LogP) is 3.32. The van der Waals surface area contributed by atoms with Gasteiger partial charge in [0.15, 0.2) is 0 Å². The van der Waals surface area contributed by atoms with E-state index < -0.39 is 5.97 Å². The second kappa shape index (κ2) is 7.95. The molecule has 0 aliphatic carbocycles. The molecule has 138 valence electrons. The molecule has 2 aromatic heterocycles. The molecule has 0 saturated carbocycles. The van der Waals surface area contributed by atoms with E-state index >= 15 is 0 Å². The van der Waals surface area contributed by atoms with Crippen LogP contribution in [0.15, 0.2) is 48.8 Å². The molecule has 0 bridgehead atoms. The lowest BCUT2D eigenvalue weighted by molar-refractivity contribution is -0.139. The van der Waals surface area contributed by atoms with Crippen LogP contribution in [0, 0.1) is 0 Å². The number of fused-ring (bicyclic) bond motifs is 1. The van der Waals surface area contributed by atoms with Crippen LogP contribution in [0.4, 0.5) is 0 Å². The van der Waals surface area contributed by atoms with Crippen molar-refractivity contribution in [2.75, 3.05) is 13.7 Å². The third kappa shape index (κ3) is 4.11. The molecule has 27 heavy (non-hydrogen) atoms. The van der Waals surface area contributed by atoms with Gasteiger partial charge in [0.1, 0.15) is 6.54 Å². The van der Waals surface area contributed by atoms with Crippen molar-refractivity contribution in [2.45, 2.75) is 19.8 Å². The fourth-order valence-corrected chi connectivity index (χ4v) is 2.77. The monoisotopic (exact) mass is 363 g/mol. The van der Waals surface area contributed by atoms with E-state index in [1.54, 1.807) is 18.5 Å². The number of amides is 1. The standard InChI is InChI=1S/C21H21N3O3/c1-13(2)14-6-7-18-16(9-14)17(21(26)23-12-20(25)27-3)10-19(24-18)15-5-4-8-22-11-15/h4-11,13H,12H2,1-3H3,(H,23,26). The molecular weight excluding hydrogens is 342 g/mol. The highest BCUT2D eigenvalue weighted by Crippen LogP contribution is 2.27. The number of carbonyl (C=O) groups is 2. The average molecular weight is 363 g/mol. The van der Waals surface area contributed by atoms with Crippen molar-refractivity contribution < 1.29 is 14.3 Å². The Morgan fingerprint density at radius 3 is 2.67 bits per heavy atom. The van der Waals surface area contributed by atoms with Crippen LogP contribution in [0.25, 0.3) is 22.2 Å². The molecule has 0 radical (unpaired) electrons. The smallest absolute Gasteiger partial charge is 0.325 e. The fraction of sp³-hybridized carbons (Fsp3) is 0.238. The van der Waals surface area contributed by atoms with Crippen LogP contribution < -0.4 is 5.32 Å². The summed E-state index contributed by atoms with van der Waals surface area (Å²) in [4.78, 5) is 33.0. The van der Waals surface area contributed by atoms with Gasteiger partial charge in [-0.2, -0.15) is 0 Å². The van der Waals surface area contributed by atoms with Crippen molar-refractivity contribution in [3.63, 3.8) is 0 Å². The second-order valence-corrected chi connectivity index (χ2v) is 6.49. The molecule has 0 unspecified atom stereocenters. The predicted molar refractivity (Wildman–Crippen MR) is 103 cm³/mol. The summed E-state index contributed by atoms with van der Waals surface area (Å²) in [6, 6.07) is 11.4. The Labute approximate surface area is 157 Å². The van der Waals surface area contributed by atoms with Crippen LogP contribution in [-0.2, 0) is 9.53 Å². The lowest BCUT2D eigenvalue weighted by Crippen LogP contribution is -2.30. The average Bonchev–Trinajstić information content (AvgIpc) is 2.70. The SMILES string of the molecule is COC(=O)CNC(=O)c1cc(-c2cccnc2)nc2ccc(C(C)C)cc12. The fourth-order valence-electron chi connectivity index (χ4n) is 2.77. The van der Waals surface area contributed by atoms with E-state index in [4.69, 9.17) is 0 Å². The van der Waals surface area contributed by atoms with Crippen LogP contribution >= 0.6 is 0 Å². The van der Waals surface area contributed by atoms with Gasteiger partial charge >= 0.3 is 5.97 Å². The van der Waals surface area contributed by atoms with Crippen molar-refractivity contribution in [1.29, 1.82) is 0 Å². The van der Waals surface area contributed by atoms with E-state index in [1.165, 1.54) is 7.11 Å². The van der Waals surface area contributed by atoms with Gasteiger partial charge in [0.05, 0.1) is 23.9 Å². The van der Waals surface area contributed by atoms with Crippen LogP contribution in [0.3, 0.4) is 0 Å². The Kier molecular flexibility index (Phi) is 5.45. The molecule has 0 aliphatic rings. The minimum atomic E-state index is -0.503. The number of hydrogen-bond acceptors (Lipinski definition) is 5. The molecule has 0 aliphatic heterocycles. The summed E-state index contributed by atoms with van der Waals surface area (Å²) in [5.74, 6) is -0.533. The number of pyridine rings is 2. The van der Waals surface area contributed by atoms with Gasteiger partial charge in [-0.25, -0.2) is 4.98 Å². The summed E-state index contributed by atoms with van der Waals surface area (Å²) >= 11 is 0. The molecule has 3 aromatic rings. The summed E-state index contributed by atoms with van der Waals surface area (Å²) in [5, 5.41) is 3.36. The Bertz CT molecular complexity index is 985. The van der Waals surface area contributed by atoms with E-state index in [0.29, 0.717) is 22.7 Å². The van der Waals surface area contributed by atoms with E-state index in [2.05, 4.69) is 33.9 Å². The molecule has 1 aromatic carbocycles. The van der Waals surface area contributed by atoms with E-state index in [0.717, 1.165) is 16.5 Å². The molecule has 0 atom stereocenters. The zero-order chi connectivity index (χ0) is 19.4. The molecule has 3 rings (SSSR count). The van der Waals surface area contributed by atoms with Crippen LogP contribution in [0.2, 0.25) is 0 Å². The van der Waals surface area contributed by atoms with E-state index in [-0.39, 0.29) is 12.5 Å². The first-order valence-corrected chi connectivity index (χ1v) is 8.69. The maximum atomic E-state index is 12.8. The highest BCUT2D eigenvalue weighted by Gasteiger charge is 2.16. The molecule has 1 N–H and O–H groups in total. The number of nitrogens with zero attached hydrogens (tertiary/aromatic N) is 2. The topological polar surface area (TPSA) is 81.2 Å². The van der Waals surface area contributed by atoms with Gasteiger partial charge in [-0.15, -0.1) is 0 Å². The summed E-state index contributed by atoms with van der Waals surface area (Å²) in [6.45, 7) is 4.00. The molecule has 1 amide bonds. The van der Waals surface area contributed by atoms with Gasteiger partial charge in [0, 0.05) is 23.3 Å². The number of aromatic nitrogens is 2. The lowest BCUT2D eigenvalue weighted by atomic mass is 9.97. The van der Waals surface area contributed by atoms with Gasteiger partial charge in [0.25, 0.3) is 5.91 Å². The van der Waals surface area contributed by atoms with Crippen LogP contribution in [0.1, 0.15) is 35.7 Å². The zero-order valence-corrected chi connectivity index (χ0v) is 15.5. The number of nitrogens with one attached hydrogen (secondary N) is 1. The Morgan fingerprint density at radius 2 is 2.00 bits per heavy atom. The summed E-state index contributed by atoms with van der Waals surface area (Å²) in [5.41, 5.74) is 3.75. The van der Waals surface area contributed by atoms with E-state index in [1.807, 2.05) is 30.3 Å². The van der Waals surface area contributed by atoms with E-state index in [9.17, 15) is 9.59 Å². The zero-order valence-electron chi connectivity index (χ0n) is 15.5. The molecule has 0 spiro atoms. The summed E-state index contributed by atoms with van der Waals surface area (Å²) in [7, 11) is 1.28. The number of methoxy groups -OCH3 is 1. The third-order valence-corrected chi connectivity index (χ3v) is 4.32. The van der Waals surface area contributed by atoms with Crippen molar-refractivity contribution in [3.05, 3.63) is 59.9 Å². The number of hydrogen-bond donors (Lipinski definition) is 1. The largest absolute Gasteiger partial charge is 0.468 e. The summed E-state index contributed by atoms with van der Waals surface area (Å²) < 4.78 is 4.59. The molecule has 2 heterocycles. The Balaban J connectivity index is 2.12. The quantitative estimate of drug-likeness (QED) is 0.703. The maximum Gasteiger partial charge on any atom is 0.325 e. The Morgan fingerprint density at radius 1 is 1.19 bits per heavy atom. The highest BCUT2D eigenvalue weighted by molar-refractivity contribution is 6.08. The molecular formula is C21H21N3O3. The minimum Gasteiger partial charge on any atom is -0.468 e. The number of carbonyl (C=O) groups excluding carboxylic acids is 2. The van der Waals surface area contributed by atoms with Crippen molar-refractivity contribution in [3.8, 4) is 11.3 Å². The lowest BCUT2D eigenvalue weighted by Gasteiger charge is -2.12.